The maximum Gasteiger partial charge on any atom is 0.163 e. The van der Waals surface area contributed by atoms with Gasteiger partial charge in [0.15, 0.2) is 5.82 Å². The van der Waals surface area contributed by atoms with E-state index in [1.807, 2.05) is 0 Å². The Kier molecular flexibility index (Phi) is 6.47. The van der Waals surface area contributed by atoms with E-state index in [4.69, 9.17) is 34.2 Å². The highest BCUT2D eigenvalue weighted by Crippen LogP contribution is 2.30. The van der Waals surface area contributed by atoms with Gasteiger partial charge in [-0.1, -0.05) is 29.6 Å². The number of aryl methyl sites for hydroxylation is 1. The molecule has 0 saturated carbocycles. The highest BCUT2D eigenvalue weighted by Gasteiger charge is 2.09. The monoisotopic (exact) mass is 365 g/mol. The van der Waals surface area contributed by atoms with Crippen LogP contribution in [0.4, 0.5) is 5.82 Å². The molecule has 0 radical (unpaired) electrons. The zero-order valence-electron chi connectivity index (χ0n) is 12.9. The van der Waals surface area contributed by atoms with E-state index in [1.54, 1.807) is 12.3 Å². The van der Waals surface area contributed by atoms with Crippen molar-refractivity contribution in [1.82, 2.24) is 10.2 Å². The number of aromatic nitrogens is 2. The standard InChI is InChI=1S/C16H17Cl2N5O/c17-11-6-10(15(24)13(18)7-11)9-21-5-3-1-2-4-14-12(8-19)16(20)23-22-14/h6-7,9,24H,1-5H2,(H3,20,22,23). The van der Waals surface area contributed by atoms with Crippen LogP contribution in [0.2, 0.25) is 10.0 Å². The largest absolute Gasteiger partial charge is 0.506 e. The van der Waals surface area contributed by atoms with Crippen molar-refractivity contribution in [3.63, 3.8) is 0 Å². The third kappa shape index (κ3) is 4.63. The minimum atomic E-state index is -0.0225. The van der Waals surface area contributed by atoms with Gasteiger partial charge in [-0.25, -0.2) is 0 Å². The third-order valence-electron chi connectivity index (χ3n) is 3.48. The van der Waals surface area contributed by atoms with E-state index in [2.05, 4.69) is 21.3 Å². The molecule has 0 saturated heterocycles. The molecule has 2 rings (SSSR count). The molecule has 2 aromatic rings. The number of benzene rings is 1. The molecule has 0 aliphatic carbocycles. The number of aliphatic imine (C=N–C) groups is 1. The summed E-state index contributed by atoms with van der Waals surface area (Å²) >= 11 is 11.7. The van der Waals surface area contributed by atoms with Gasteiger partial charge in [-0.05, 0) is 31.4 Å². The van der Waals surface area contributed by atoms with Gasteiger partial charge in [0.05, 0.1) is 10.7 Å². The number of phenols is 1. The second-order valence-corrected chi connectivity index (χ2v) is 6.09. The number of nitrogen functional groups attached to an aromatic ring is 1. The molecule has 1 aromatic heterocycles. The van der Waals surface area contributed by atoms with Crippen LogP contribution in [0.5, 0.6) is 5.75 Å². The smallest absolute Gasteiger partial charge is 0.163 e. The molecule has 0 spiro atoms. The van der Waals surface area contributed by atoms with Gasteiger partial charge in [-0.15, -0.1) is 0 Å². The average molecular weight is 366 g/mol. The predicted molar refractivity (Wildman–Crippen MR) is 95.9 cm³/mol. The molecule has 0 unspecified atom stereocenters. The number of H-pyrrole nitrogens is 1. The van der Waals surface area contributed by atoms with E-state index in [0.717, 1.165) is 31.4 Å². The fourth-order valence-corrected chi connectivity index (χ4v) is 2.74. The average Bonchev–Trinajstić information content (AvgIpc) is 2.90. The van der Waals surface area contributed by atoms with Crippen molar-refractivity contribution in [2.24, 2.45) is 4.99 Å². The number of hydrogen-bond acceptors (Lipinski definition) is 5. The van der Waals surface area contributed by atoms with E-state index >= 15 is 0 Å². The minimum absolute atomic E-state index is 0.0225. The molecule has 8 heteroatoms. The summed E-state index contributed by atoms with van der Waals surface area (Å²) in [6.07, 6.45) is 5.03. The zero-order valence-corrected chi connectivity index (χ0v) is 14.4. The van der Waals surface area contributed by atoms with Gasteiger partial charge in [-0.3, -0.25) is 10.1 Å². The molecule has 1 heterocycles. The first-order chi connectivity index (χ1) is 11.5. The summed E-state index contributed by atoms with van der Waals surface area (Å²) in [6.45, 7) is 0.625. The molecule has 0 bridgehead atoms. The molecule has 126 valence electrons. The molecule has 0 aliphatic rings. The van der Waals surface area contributed by atoms with Gasteiger partial charge in [-0.2, -0.15) is 10.4 Å². The Morgan fingerprint density at radius 2 is 2.12 bits per heavy atom. The summed E-state index contributed by atoms with van der Waals surface area (Å²) in [4.78, 5) is 4.27. The first-order valence-corrected chi connectivity index (χ1v) is 8.19. The van der Waals surface area contributed by atoms with E-state index in [9.17, 15) is 5.11 Å². The van der Waals surface area contributed by atoms with Gasteiger partial charge in [0.25, 0.3) is 0 Å². The van der Waals surface area contributed by atoms with Crippen molar-refractivity contribution in [3.05, 3.63) is 39.0 Å². The van der Waals surface area contributed by atoms with Crippen LogP contribution in [0, 0.1) is 11.3 Å². The van der Waals surface area contributed by atoms with E-state index in [-0.39, 0.29) is 16.6 Å². The Morgan fingerprint density at radius 1 is 1.33 bits per heavy atom. The molecule has 24 heavy (non-hydrogen) atoms. The lowest BCUT2D eigenvalue weighted by Crippen LogP contribution is -1.92. The van der Waals surface area contributed by atoms with Crippen molar-refractivity contribution in [2.45, 2.75) is 25.7 Å². The maximum atomic E-state index is 9.81. The van der Waals surface area contributed by atoms with Crippen LogP contribution >= 0.6 is 23.2 Å². The molecule has 6 nitrogen and oxygen atoms in total. The van der Waals surface area contributed by atoms with Gasteiger partial charge < -0.3 is 10.8 Å². The minimum Gasteiger partial charge on any atom is -0.506 e. The number of aromatic amines is 1. The molecule has 0 fully saturated rings. The number of hydrogen-bond donors (Lipinski definition) is 3. The number of aromatic hydroxyl groups is 1. The highest BCUT2D eigenvalue weighted by molar-refractivity contribution is 6.36. The molecular weight excluding hydrogens is 349 g/mol. The van der Waals surface area contributed by atoms with Gasteiger partial charge in [0.2, 0.25) is 0 Å². The molecule has 0 amide bonds. The number of rotatable bonds is 7. The fourth-order valence-electron chi connectivity index (χ4n) is 2.23. The number of unbranched alkanes of at least 4 members (excludes halogenated alkanes) is 2. The van der Waals surface area contributed by atoms with E-state index in [0.29, 0.717) is 22.7 Å². The summed E-state index contributed by atoms with van der Waals surface area (Å²) < 4.78 is 0. The van der Waals surface area contributed by atoms with Crippen LogP contribution in [0.3, 0.4) is 0 Å². The summed E-state index contributed by atoms with van der Waals surface area (Å²) in [5, 5.41) is 26.1. The lowest BCUT2D eigenvalue weighted by atomic mass is 10.1. The first kappa shape index (κ1) is 18.1. The van der Waals surface area contributed by atoms with Crippen LogP contribution in [0.25, 0.3) is 0 Å². The van der Waals surface area contributed by atoms with Crippen LogP contribution in [-0.2, 0) is 6.42 Å². The lowest BCUT2D eigenvalue weighted by Gasteiger charge is -2.02. The summed E-state index contributed by atoms with van der Waals surface area (Å²) in [5.41, 5.74) is 7.29. The fraction of sp³-hybridized carbons (Fsp3) is 0.312. The first-order valence-electron chi connectivity index (χ1n) is 7.43. The highest BCUT2D eigenvalue weighted by atomic mass is 35.5. The van der Waals surface area contributed by atoms with E-state index in [1.165, 1.54) is 6.07 Å². The summed E-state index contributed by atoms with van der Waals surface area (Å²) in [6, 6.07) is 5.14. The van der Waals surface area contributed by atoms with Gasteiger partial charge in [0.1, 0.15) is 17.4 Å². The Morgan fingerprint density at radius 3 is 2.88 bits per heavy atom. The molecule has 0 atom stereocenters. The number of nitrogens with one attached hydrogen (secondary N) is 1. The lowest BCUT2D eigenvalue weighted by molar-refractivity contribution is 0.474. The van der Waals surface area contributed by atoms with Crippen LogP contribution < -0.4 is 5.73 Å². The summed E-state index contributed by atoms with van der Waals surface area (Å²) in [5.74, 6) is 0.225. The van der Waals surface area contributed by atoms with Crippen LogP contribution in [0.1, 0.15) is 36.1 Å². The molecule has 1 aromatic carbocycles. The second-order valence-electron chi connectivity index (χ2n) is 5.25. The number of phenolic OH excluding ortho intramolecular Hbond substituents is 1. The maximum absolute atomic E-state index is 9.81. The second kappa shape index (κ2) is 8.57. The zero-order chi connectivity index (χ0) is 17.5. The number of anilines is 1. The predicted octanol–water partition coefficient (Wildman–Crippen LogP) is 3.71. The summed E-state index contributed by atoms with van der Waals surface area (Å²) in [7, 11) is 0. The molecule has 0 aliphatic heterocycles. The van der Waals surface area contributed by atoms with Crippen LogP contribution in [0.15, 0.2) is 17.1 Å². The van der Waals surface area contributed by atoms with Crippen molar-refractivity contribution < 1.29 is 5.11 Å². The topological polar surface area (TPSA) is 111 Å². The Bertz CT molecular complexity index is 780. The quantitative estimate of drug-likeness (QED) is 0.512. The van der Waals surface area contributed by atoms with Crippen molar-refractivity contribution in [1.29, 1.82) is 5.26 Å². The number of nitrogens with zero attached hydrogens (tertiary/aromatic N) is 3. The van der Waals surface area contributed by atoms with Gasteiger partial charge >= 0.3 is 0 Å². The molecule has 4 N–H and O–H groups in total. The third-order valence-corrected chi connectivity index (χ3v) is 3.99. The van der Waals surface area contributed by atoms with Gasteiger partial charge in [0, 0.05) is 23.3 Å². The van der Waals surface area contributed by atoms with Crippen molar-refractivity contribution in [3.8, 4) is 11.8 Å². The Hall–Kier alpha value is -2.23. The van der Waals surface area contributed by atoms with E-state index < -0.39 is 0 Å². The Labute approximate surface area is 149 Å². The normalized spacial score (nSPS) is 11.0. The SMILES string of the molecule is N#Cc1c(N)n[nH]c1CCCCCN=Cc1cc(Cl)cc(Cl)c1O. The molecular formula is C16H17Cl2N5O. The number of nitrogens with two attached hydrogens (primary N) is 1. The van der Waals surface area contributed by atoms with Crippen molar-refractivity contribution >= 4 is 35.2 Å². The number of halogens is 2. The number of nitriles is 1. The van der Waals surface area contributed by atoms with Crippen LogP contribution in [-0.4, -0.2) is 28.1 Å². The van der Waals surface area contributed by atoms with Crippen molar-refractivity contribution in [2.75, 3.05) is 12.3 Å². The Balaban J connectivity index is 1.75.